The smallest absolute Gasteiger partial charge is 0.343 e. The second kappa shape index (κ2) is 34.0. The van der Waals surface area contributed by atoms with Gasteiger partial charge in [0.05, 0.1) is 6.61 Å². The maximum Gasteiger partial charge on any atom is 0.343 e. The summed E-state index contributed by atoms with van der Waals surface area (Å²) in [4.78, 5) is 25.3. The van der Waals surface area contributed by atoms with E-state index in [0.29, 0.717) is 19.3 Å². The first-order chi connectivity index (χ1) is 27.4. The summed E-state index contributed by atoms with van der Waals surface area (Å²) in [6.07, 6.45) is 26.2. The number of carbonyl (C=O) groups excluding carboxylic acids is 2. The van der Waals surface area contributed by atoms with Gasteiger partial charge < -0.3 is 39.5 Å². The van der Waals surface area contributed by atoms with Gasteiger partial charge in [0.2, 0.25) is 0 Å². The van der Waals surface area contributed by atoms with Crippen LogP contribution in [-0.4, -0.2) is 93.4 Å². The van der Waals surface area contributed by atoms with Crippen LogP contribution in [0.1, 0.15) is 155 Å². The lowest BCUT2D eigenvalue weighted by molar-refractivity contribution is -0.217. The van der Waals surface area contributed by atoms with Gasteiger partial charge >= 0.3 is 19.2 Å². The summed E-state index contributed by atoms with van der Waals surface area (Å²) in [7, 11) is -2.39. The highest BCUT2D eigenvalue weighted by molar-refractivity contribution is 8.12. The van der Waals surface area contributed by atoms with E-state index in [1.807, 2.05) is 21.1 Å². The SMILES string of the molecule is CCCC=CCC=CCC=CCC=CCCCC(=O)OC(COC(=O)CCCCCCCCCCCCCCC)COP(=O)(P)OC1C(O)C(O)C(O)C(O)C1O. The lowest BCUT2D eigenvalue weighted by Crippen LogP contribution is -2.64. The minimum Gasteiger partial charge on any atom is -0.462 e. The van der Waals surface area contributed by atoms with Gasteiger partial charge in [-0.1, -0.05) is 146 Å². The van der Waals surface area contributed by atoms with Gasteiger partial charge in [-0.2, -0.15) is 0 Å². The monoisotopic (exact) mass is 846 g/mol. The van der Waals surface area contributed by atoms with E-state index in [0.717, 1.165) is 51.4 Å². The average Bonchev–Trinajstić information content (AvgIpc) is 3.19. The van der Waals surface area contributed by atoms with Crippen molar-refractivity contribution in [1.29, 1.82) is 0 Å². The molecular formula is C43H76O12P2. The largest absolute Gasteiger partial charge is 0.462 e. The first kappa shape index (κ1) is 53.3. The highest BCUT2D eigenvalue weighted by Crippen LogP contribution is 2.58. The molecule has 0 aromatic carbocycles. The molecule has 5 N–H and O–H groups in total. The van der Waals surface area contributed by atoms with Crippen molar-refractivity contribution < 1.29 is 58.2 Å². The number of allylic oxidation sites excluding steroid dienone is 8. The van der Waals surface area contributed by atoms with Crippen molar-refractivity contribution in [2.45, 2.75) is 198 Å². The fourth-order valence-corrected chi connectivity index (χ4v) is 7.90. The van der Waals surface area contributed by atoms with E-state index >= 15 is 0 Å². The Bertz CT molecular complexity index is 1190. The molecule has 0 radical (unpaired) electrons. The number of esters is 2. The zero-order valence-corrected chi connectivity index (χ0v) is 36.8. The molecule has 0 spiro atoms. The third kappa shape index (κ3) is 26.9. The summed E-state index contributed by atoms with van der Waals surface area (Å²) in [6.45, 7) is 3.51. The van der Waals surface area contributed by atoms with Crippen LogP contribution in [0.15, 0.2) is 48.6 Å². The first-order valence-corrected chi connectivity index (χ1v) is 24.7. The van der Waals surface area contributed by atoms with E-state index in [1.54, 1.807) is 0 Å². The van der Waals surface area contributed by atoms with Crippen LogP contribution in [0.5, 0.6) is 0 Å². The zero-order chi connectivity index (χ0) is 42.2. The van der Waals surface area contributed by atoms with Gasteiger partial charge in [-0.05, 0) is 53.9 Å². The number of rotatable bonds is 34. The Kier molecular flexibility index (Phi) is 31.8. The third-order valence-electron chi connectivity index (χ3n) is 9.68. The van der Waals surface area contributed by atoms with Crippen molar-refractivity contribution in [3.63, 3.8) is 0 Å². The molecule has 1 aliphatic rings. The Morgan fingerprint density at radius 2 is 1.00 bits per heavy atom. The topological polar surface area (TPSA) is 189 Å². The number of carbonyl (C=O) groups is 2. The molecule has 0 saturated heterocycles. The van der Waals surface area contributed by atoms with Crippen LogP contribution >= 0.6 is 16.2 Å². The van der Waals surface area contributed by atoms with Crippen LogP contribution in [0.4, 0.5) is 0 Å². The molecule has 1 aliphatic carbocycles. The fraction of sp³-hybridized carbons (Fsp3) is 0.767. The number of hydrogen-bond acceptors (Lipinski definition) is 12. The number of aliphatic hydroxyl groups is 5. The highest BCUT2D eigenvalue weighted by atomic mass is 32.1. The van der Waals surface area contributed by atoms with Crippen LogP contribution < -0.4 is 0 Å². The number of hydrogen-bond donors (Lipinski definition) is 5. The van der Waals surface area contributed by atoms with Crippen LogP contribution in [0.3, 0.4) is 0 Å². The maximum atomic E-state index is 13.2. The van der Waals surface area contributed by atoms with E-state index in [2.05, 4.69) is 50.3 Å². The molecule has 1 fully saturated rings. The predicted molar refractivity (Wildman–Crippen MR) is 228 cm³/mol. The first-order valence-electron chi connectivity index (χ1n) is 21.5. The normalized spacial score (nSPS) is 23.2. The molecule has 0 aromatic rings. The number of aliphatic hydroxyl groups excluding tert-OH is 5. The van der Waals surface area contributed by atoms with Gasteiger partial charge in [0.15, 0.2) is 6.10 Å². The molecule has 1 saturated carbocycles. The van der Waals surface area contributed by atoms with Crippen molar-refractivity contribution in [1.82, 2.24) is 0 Å². The fourth-order valence-electron chi connectivity index (χ4n) is 6.19. The summed E-state index contributed by atoms with van der Waals surface area (Å²) in [5.41, 5.74) is 0. The summed E-state index contributed by atoms with van der Waals surface area (Å²) >= 11 is 0. The Labute approximate surface area is 345 Å². The molecule has 0 heterocycles. The Morgan fingerprint density at radius 3 is 1.51 bits per heavy atom. The molecule has 0 aromatic heterocycles. The summed E-state index contributed by atoms with van der Waals surface area (Å²) in [5.74, 6) is -1.03. The lowest BCUT2D eigenvalue weighted by Gasteiger charge is -2.41. The van der Waals surface area contributed by atoms with E-state index in [4.69, 9.17) is 18.5 Å². The van der Waals surface area contributed by atoms with Crippen LogP contribution in [0, 0.1) is 0 Å². The Morgan fingerprint density at radius 1 is 0.561 bits per heavy atom. The molecule has 0 bridgehead atoms. The number of ether oxygens (including phenoxy) is 2. The van der Waals surface area contributed by atoms with Crippen molar-refractivity contribution in [3.8, 4) is 0 Å². The van der Waals surface area contributed by atoms with Crippen LogP contribution in [-0.2, 0) is 32.7 Å². The molecule has 1 rings (SSSR count). The zero-order valence-electron chi connectivity index (χ0n) is 34.7. The van der Waals surface area contributed by atoms with Crippen molar-refractivity contribution in [2.24, 2.45) is 0 Å². The van der Waals surface area contributed by atoms with Crippen molar-refractivity contribution in [2.75, 3.05) is 13.2 Å². The van der Waals surface area contributed by atoms with Crippen LogP contribution in [0.25, 0.3) is 0 Å². The average molecular weight is 847 g/mol. The standard InChI is InChI=1S/C43H76O12P2/c1-3-5-7-9-11-13-15-17-18-20-22-24-26-28-30-32-37(45)54-35(34-53-57(51,56)55-43-41(49)39(47)38(46)40(48)42(43)50)33-52-36(44)31-29-27-25-23-21-19-16-14-12-10-8-6-4-2/h7,9,13,15,18,20,24,26,35,38-43,46-50H,3-6,8,10-12,14,16-17,19,21-23,25,27-34,56H2,1-2H3. The third-order valence-corrected chi connectivity index (χ3v) is 11.5. The Balaban J connectivity index is 2.55. The summed E-state index contributed by atoms with van der Waals surface area (Å²) in [6, 6.07) is 0. The van der Waals surface area contributed by atoms with E-state index in [9.17, 15) is 39.7 Å². The van der Waals surface area contributed by atoms with E-state index < -0.39 is 68.6 Å². The van der Waals surface area contributed by atoms with Crippen LogP contribution in [0.2, 0.25) is 0 Å². The molecule has 7 atom stereocenters. The molecule has 0 amide bonds. The maximum absolute atomic E-state index is 13.2. The minimum absolute atomic E-state index is 0.0781. The second-order valence-corrected chi connectivity index (χ2v) is 18.4. The van der Waals surface area contributed by atoms with Gasteiger partial charge in [0, 0.05) is 12.8 Å². The number of unbranched alkanes of at least 4 members (excludes halogenated alkanes) is 14. The molecule has 14 heteroatoms. The molecule has 12 nitrogen and oxygen atoms in total. The highest BCUT2D eigenvalue weighted by Gasteiger charge is 2.50. The second-order valence-electron chi connectivity index (χ2n) is 14.9. The quantitative estimate of drug-likeness (QED) is 0.0180. The van der Waals surface area contributed by atoms with Crippen molar-refractivity contribution >= 4 is 28.2 Å². The molecule has 330 valence electrons. The summed E-state index contributed by atoms with van der Waals surface area (Å²) in [5, 5.41) is 50.4. The Hall–Kier alpha value is -1.72. The van der Waals surface area contributed by atoms with E-state index in [1.165, 1.54) is 57.8 Å². The van der Waals surface area contributed by atoms with Crippen molar-refractivity contribution in [3.05, 3.63) is 48.6 Å². The van der Waals surface area contributed by atoms with Gasteiger partial charge in [-0.3, -0.25) is 18.7 Å². The predicted octanol–water partition coefficient (Wildman–Crippen LogP) is 8.49. The molecular weight excluding hydrogens is 770 g/mol. The molecule has 57 heavy (non-hydrogen) atoms. The van der Waals surface area contributed by atoms with Gasteiger partial charge in [-0.25, -0.2) is 0 Å². The minimum atomic E-state index is -4.21. The van der Waals surface area contributed by atoms with Gasteiger partial charge in [0.25, 0.3) is 0 Å². The lowest BCUT2D eigenvalue weighted by atomic mass is 9.85. The van der Waals surface area contributed by atoms with Gasteiger partial charge in [-0.15, -0.1) is 0 Å². The summed E-state index contributed by atoms with van der Waals surface area (Å²) < 4.78 is 34.8. The molecule has 7 unspecified atom stereocenters. The van der Waals surface area contributed by atoms with E-state index in [-0.39, 0.29) is 19.4 Å². The van der Waals surface area contributed by atoms with Gasteiger partial charge in [0.1, 0.15) is 43.2 Å². The molecule has 0 aliphatic heterocycles.